The van der Waals surface area contributed by atoms with Gasteiger partial charge in [-0.1, -0.05) is 12.1 Å². The normalized spacial score (nSPS) is 14.7. The Kier molecular flexibility index (Phi) is 2.41. The predicted octanol–water partition coefficient (Wildman–Crippen LogP) is 1.70. The molecule has 1 aliphatic rings. The van der Waals surface area contributed by atoms with Gasteiger partial charge in [0.05, 0.1) is 5.92 Å². The molecular weight excluding hydrogens is 196 g/mol. The van der Waals surface area contributed by atoms with Crippen molar-refractivity contribution in [3.63, 3.8) is 0 Å². The molecule has 2 rings (SSSR count). The molecule has 0 radical (unpaired) electrons. The minimum atomic E-state index is -1.09. The van der Waals surface area contributed by atoms with E-state index in [2.05, 4.69) is 0 Å². The van der Waals surface area contributed by atoms with Gasteiger partial charge in [0, 0.05) is 0 Å². The van der Waals surface area contributed by atoms with E-state index in [1.807, 2.05) is 0 Å². The Morgan fingerprint density at radius 2 is 1.93 bits per heavy atom. The molecule has 0 aromatic heterocycles. The molecule has 15 heavy (non-hydrogen) atoms. The van der Waals surface area contributed by atoms with E-state index in [0.717, 1.165) is 12.8 Å². The molecule has 0 heterocycles. The Morgan fingerprint density at radius 3 is 2.53 bits per heavy atom. The molecule has 0 spiro atoms. The summed E-state index contributed by atoms with van der Waals surface area (Å²) in [5.74, 6) is -1.33. The molecule has 0 atom stereocenters. The third kappa shape index (κ3) is 2.15. The lowest BCUT2D eigenvalue weighted by Crippen LogP contribution is -2.12. The number of aromatic carboxylic acids is 1. The molecule has 1 N–H and O–H groups in total. The summed E-state index contributed by atoms with van der Waals surface area (Å²) in [7, 11) is 0. The molecule has 0 saturated heterocycles. The number of ether oxygens (including phenoxy) is 1. The van der Waals surface area contributed by atoms with Crippen LogP contribution < -0.4 is 4.74 Å². The molecule has 1 fully saturated rings. The van der Waals surface area contributed by atoms with Crippen LogP contribution in [0.15, 0.2) is 24.3 Å². The Balaban J connectivity index is 2.19. The lowest BCUT2D eigenvalue weighted by atomic mass is 10.2. The molecule has 78 valence electrons. The van der Waals surface area contributed by atoms with Gasteiger partial charge in [-0.2, -0.15) is 0 Å². The minimum Gasteiger partial charge on any atom is -0.478 e. The van der Waals surface area contributed by atoms with E-state index in [9.17, 15) is 9.59 Å². The number of hydrogen-bond acceptors (Lipinski definition) is 3. The van der Waals surface area contributed by atoms with Crippen LogP contribution in [0.25, 0.3) is 0 Å². The van der Waals surface area contributed by atoms with Crippen LogP contribution in [-0.2, 0) is 4.79 Å². The second-order valence-corrected chi connectivity index (χ2v) is 3.50. The largest absolute Gasteiger partial charge is 0.478 e. The van der Waals surface area contributed by atoms with Crippen LogP contribution in [-0.4, -0.2) is 17.0 Å². The Bertz CT molecular complexity index is 407. The number of benzene rings is 1. The van der Waals surface area contributed by atoms with Crippen LogP contribution >= 0.6 is 0 Å². The Morgan fingerprint density at radius 1 is 1.27 bits per heavy atom. The first kappa shape index (κ1) is 9.71. The third-order valence-corrected chi connectivity index (χ3v) is 2.24. The maximum absolute atomic E-state index is 11.3. The van der Waals surface area contributed by atoms with Gasteiger partial charge >= 0.3 is 11.9 Å². The lowest BCUT2D eigenvalue weighted by Gasteiger charge is -2.05. The Labute approximate surface area is 86.5 Å². The average Bonchev–Trinajstić information content (AvgIpc) is 3.01. The van der Waals surface area contributed by atoms with Gasteiger partial charge in [0.2, 0.25) is 0 Å². The summed E-state index contributed by atoms with van der Waals surface area (Å²) in [4.78, 5) is 22.1. The van der Waals surface area contributed by atoms with E-state index in [1.54, 1.807) is 12.1 Å². The van der Waals surface area contributed by atoms with Crippen molar-refractivity contribution in [3.8, 4) is 5.75 Å². The predicted molar refractivity (Wildman–Crippen MR) is 51.8 cm³/mol. The summed E-state index contributed by atoms with van der Waals surface area (Å²) < 4.78 is 5.01. The summed E-state index contributed by atoms with van der Waals surface area (Å²) in [6, 6.07) is 6.14. The smallest absolute Gasteiger partial charge is 0.339 e. The molecule has 1 saturated carbocycles. The fourth-order valence-electron chi connectivity index (χ4n) is 1.24. The summed E-state index contributed by atoms with van der Waals surface area (Å²) in [5.41, 5.74) is 0.0199. The monoisotopic (exact) mass is 206 g/mol. The third-order valence-electron chi connectivity index (χ3n) is 2.24. The van der Waals surface area contributed by atoms with Gasteiger partial charge in [-0.15, -0.1) is 0 Å². The van der Waals surface area contributed by atoms with Gasteiger partial charge < -0.3 is 9.84 Å². The van der Waals surface area contributed by atoms with Crippen molar-refractivity contribution < 1.29 is 19.4 Å². The zero-order valence-corrected chi connectivity index (χ0v) is 7.97. The Hall–Kier alpha value is -1.84. The van der Waals surface area contributed by atoms with E-state index in [-0.39, 0.29) is 23.2 Å². The van der Waals surface area contributed by atoms with Crippen molar-refractivity contribution in [3.05, 3.63) is 29.8 Å². The number of carbonyl (C=O) groups is 2. The summed E-state index contributed by atoms with van der Waals surface area (Å²) in [6.07, 6.45) is 1.68. The summed E-state index contributed by atoms with van der Waals surface area (Å²) >= 11 is 0. The van der Waals surface area contributed by atoms with Crippen molar-refractivity contribution >= 4 is 11.9 Å². The molecule has 1 aromatic rings. The van der Waals surface area contributed by atoms with Gasteiger partial charge in [0.1, 0.15) is 11.3 Å². The first-order chi connectivity index (χ1) is 7.18. The molecule has 0 unspecified atom stereocenters. The number of carboxylic acids is 1. The van der Waals surface area contributed by atoms with E-state index in [4.69, 9.17) is 9.84 Å². The number of rotatable bonds is 3. The van der Waals surface area contributed by atoms with Crippen LogP contribution in [0.2, 0.25) is 0 Å². The maximum Gasteiger partial charge on any atom is 0.339 e. The summed E-state index contributed by atoms with van der Waals surface area (Å²) in [6.45, 7) is 0. The average molecular weight is 206 g/mol. The first-order valence-corrected chi connectivity index (χ1v) is 4.72. The van der Waals surface area contributed by atoms with Gasteiger partial charge in [0.15, 0.2) is 0 Å². The standard InChI is InChI=1S/C11H10O4/c12-10(13)8-3-1-2-4-9(8)15-11(14)7-5-6-7/h1-4,7H,5-6H2,(H,12,13). The zero-order chi connectivity index (χ0) is 10.8. The van der Waals surface area contributed by atoms with Crippen LogP contribution in [0.5, 0.6) is 5.75 Å². The quantitative estimate of drug-likeness (QED) is 0.604. The van der Waals surface area contributed by atoms with Gasteiger partial charge in [-0.25, -0.2) is 4.79 Å². The minimum absolute atomic E-state index is 0.0199. The van der Waals surface area contributed by atoms with Gasteiger partial charge in [0.25, 0.3) is 0 Å². The topological polar surface area (TPSA) is 63.6 Å². The highest BCUT2D eigenvalue weighted by Crippen LogP contribution is 2.31. The van der Waals surface area contributed by atoms with Crippen molar-refractivity contribution in [2.75, 3.05) is 0 Å². The van der Waals surface area contributed by atoms with Gasteiger partial charge in [-0.05, 0) is 25.0 Å². The van der Waals surface area contributed by atoms with E-state index >= 15 is 0 Å². The molecule has 4 heteroatoms. The van der Waals surface area contributed by atoms with E-state index < -0.39 is 5.97 Å². The SMILES string of the molecule is O=C(O)c1ccccc1OC(=O)C1CC1. The van der Waals surface area contributed by atoms with Crippen LogP contribution in [0.4, 0.5) is 0 Å². The van der Waals surface area contributed by atoms with E-state index in [0.29, 0.717) is 0 Å². The zero-order valence-electron chi connectivity index (χ0n) is 7.97. The highest BCUT2D eigenvalue weighted by molar-refractivity contribution is 5.92. The van der Waals surface area contributed by atoms with Crippen LogP contribution in [0.1, 0.15) is 23.2 Å². The number of carbonyl (C=O) groups excluding carboxylic acids is 1. The molecule has 1 aliphatic carbocycles. The summed E-state index contributed by atoms with van der Waals surface area (Å²) in [5, 5.41) is 8.84. The van der Waals surface area contributed by atoms with Crippen molar-refractivity contribution in [1.29, 1.82) is 0 Å². The fourth-order valence-corrected chi connectivity index (χ4v) is 1.24. The molecular formula is C11H10O4. The highest BCUT2D eigenvalue weighted by Gasteiger charge is 2.32. The van der Waals surface area contributed by atoms with Gasteiger partial charge in [-0.3, -0.25) is 4.79 Å². The lowest BCUT2D eigenvalue weighted by molar-refractivity contribution is -0.135. The molecule has 1 aromatic carbocycles. The van der Waals surface area contributed by atoms with Crippen molar-refractivity contribution in [2.24, 2.45) is 5.92 Å². The number of carboxylic acid groups (broad SMARTS) is 1. The molecule has 0 bridgehead atoms. The molecule has 0 amide bonds. The fraction of sp³-hybridized carbons (Fsp3) is 0.273. The number of hydrogen-bond donors (Lipinski definition) is 1. The number of esters is 1. The van der Waals surface area contributed by atoms with Crippen LogP contribution in [0.3, 0.4) is 0 Å². The van der Waals surface area contributed by atoms with Crippen molar-refractivity contribution in [2.45, 2.75) is 12.8 Å². The maximum atomic E-state index is 11.3. The highest BCUT2D eigenvalue weighted by atomic mass is 16.5. The molecule has 4 nitrogen and oxygen atoms in total. The second-order valence-electron chi connectivity index (χ2n) is 3.50. The first-order valence-electron chi connectivity index (χ1n) is 4.72. The van der Waals surface area contributed by atoms with Crippen LogP contribution in [0, 0.1) is 5.92 Å². The van der Waals surface area contributed by atoms with E-state index in [1.165, 1.54) is 12.1 Å². The second kappa shape index (κ2) is 3.73. The molecule has 0 aliphatic heterocycles. The number of para-hydroxylation sites is 1. The van der Waals surface area contributed by atoms with Crippen molar-refractivity contribution in [1.82, 2.24) is 0 Å².